The largest absolute Gasteiger partial charge is 0.389 e. The van der Waals surface area contributed by atoms with Gasteiger partial charge in [0.25, 0.3) is 5.91 Å². The number of likely N-dealkylation sites (tertiary alicyclic amines) is 1. The Morgan fingerprint density at radius 2 is 2.08 bits per heavy atom. The molecule has 1 aromatic rings. The van der Waals surface area contributed by atoms with Crippen LogP contribution in [0.3, 0.4) is 0 Å². The molecule has 3 aliphatic rings. The van der Waals surface area contributed by atoms with Crippen molar-refractivity contribution in [3.05, 3.63) is 35.4 Å². The summed E-state index contributed by atoms with van der Waals surface area (Å²) in [4.78, 5) is 29.2. The van der Waals surface area contributed by atoms with Crippen LogP contribution >= 0.6 is 0 Å². The summed E-state index contributed by atoms with van der Waals surface area (Å²) in [6, 6.07) is 7.11. The predicted octanol–water partition coefficient (Wildman–Crippen LogP) is 2.18. The number of hydrogen-bond donors (Lipinski definition) is 1. The van der Waals surface area contributed by atoms with E-state index in [1.165, 1.54) is 0 Å². The van der Waals surface area contributed by atoms with Gasteiger partial charge in [0.1, 0.15) is 6.04 Å². The van der Waals surface area contributed by atoms with Crippen molar-refractivity contribution in [2.24, 2.45) is 5.92 Å². The Hall–Kier alpha value is -1.88. The first kappa shape index (κ1) is 16.6. The Morgan fingerprint density at radius 1 is 1.28 bits per heavy atom. The molecule has 1 saturated carbocycles. The van der Waals surface area contributed by atoms with Gasteiger partial charge in [-0.3, -0.25) is 9.59 Å². The van der Waals surface area contributed by atoms with Gasteiger partial charge in [-0.15, -0.1) is 0 Å². The SMILES string of the molecule is C[C@@H](C(=O)N1CCC2(O)CCCCC2C1)N1Cc2ccccc2C1=O. The Morgan fingerprint density at radius 3 is 2.88 bits per heavy atom. The molecule has 0 bridgehead atoms. The van der Waals surface area contributed by atoms with Crippen molar-refractivity contribution in [3.8, 4) is 0 Å². The number of hydrogen-bond acceptors (Lipinski definition) is 3. The Labute approximate surface area is 148 Å². The maximum atomic E-state index is 13.0. The number of fused-ring (bicyclic) bond motifs is 2. The Kier molecular flexibility index (Phi) is 4.07. The van der Waals surface area contributed by atoms with Crippen molar-refractivity contribution in [2.75, 3.05) is 13.1 Å². The second-order valence-corrected chi connectivity index (χ2v) is 7.85. The summed E-state index contributed by atoms with van der Waals surface area (Å²) in [6.45, 7) is 3.54. The van der Waals surface area contributed by atoms with Gasteiger partial charge in [-0.2, -0.15) is 0 Å². The summed E-state index contributed by atoms with van der Waals surface area (Å²) < 4.78 is 0. The average molecular weight is 342 g/mol. The van der Waals surface area contributed by atoms with Gasteiger partial charge in [0.15, 0.2) is 0 Å². The van der Waals surface area contributed by atoms with Gasteiger partial charge < -0.3 is 14.9 Å². The molecule has 5 nitrogen and oxygen atoms in total. The third kappa shape index (κ3) is 2.74. The van der Waals surface area contributed by atoms with Gasteiger partial charge in [-0.25, -0.2) is 0 Å². The van der Waals surface area contributed by atoms with Gasteiger partial charge in [-0.05, 0) is 37.8 Å². The number of benzene rings is 1. The van der Waals surface area contributed by atoms with Crippen LogP contribution in [0.15, 0.2) is 24.3 Å². The molecule has 4 rings (SSSR count). The highest BCUT2D eigenvalue weighted by molar-refractivity contribution is 6.01. The molecule has 1 N–H and O–H groups in total. The summed E-state index contributed by atoms with van der Waals surface area (Å²) in [5.41, 5.74) is 1.12. The lowest BCUT2D eigenvalue weighted by atomic mass is 9.71. The van der Waals surface area contributed by atoms with Crippen LogP contribution in [-0.4, -0.2) is 51.5 Å². The minimum atomic E-state index is -0.585. The van der Waals surface area contributed by atoms with Gasteiger partial charge >= 0.3 is 0 Å². The van der Waals surface area contributed by atoms with Gasteiger partial charge in [-0.1, -0.05) is 31.0 Å². The fraction of sp³-hybridized carbons (Fsp3) is 0.600. The second-order valence-electron chi connectivity index (χ2n) is 7.85. The highest BCUT2D eigenvalue weighted by Crippen LogP contribution is 2.40. The molecule has 1 saturated heterocycles. The zero-order valence-corrected chi connectivity index (χ0v) is 14.8. The first-order valence-corrected chi connectivity index (χ1v) is 9.40. The molecule has 1 aromatic carbocycles. The smallest absolute Gasteiger partial charge is 0.255 e. The first-order valence-electron chi connectivity index (χ1n) is 9.40. The third-order valence-corrected chi connectivity index (χ3v) is 6.41. The number of amides is 2. The molecule has 2 aliphatic heterocycles. The first-order chi connectivity index (χ1) is 12.0. The van der Waals surface area contributed by atoms with Crippen molar-refractivity contribution in [3.63, 3.8) is 0 Å². The van der Waals surface area contributed by atoms with Crippen LogP contribution in [0, 0.1) is 5.92 Å². The zero-order chi connectivity index (χ0) is 17.6. The highest BCUT2D eigenvalue weighted by atomic mass is 16.3. The van der Waals surface area contributed by atoms with Crippen molar-refractivity contribution in [1.29, 1.82) is 0 Å². The lowest BCUT2D eigenvalue weighted by Gasteiger charge is -2.48. The second kappa shape index (κ2) is 6.13. The van der Waals surface area contributed by atoms with Crippen LogP contribution in [-0.2, 0) is 11.3 Å². The number of nitrogens with zero attached hydrogens (tertiary/aromatic N) is 2. The molecule has 134 valence electrons. The van der Waals surface area contributed by atoms with Gasteiger partial charge in [0.2, 0.25) is 5.91 Å². The molecular formula is C20H26N2O3. The topological polar surface area (TPSA) is 60.9 Å². The number of rotatable bonds is 2. The molecule has 2 heterocycles. The maximum absolute atomic E-state index is 13.0. The van der Waals surface area contributed by atoms with Crippen molar-refractivity contribution < 1.29 is 14.7 Å². The van der Waals surface area contributed by atoms with E-state index in [9.17, 15) is 14.7 Å². The molecule has 2 amide bonds. The molecule has 2 fully saturated rings. The lowest BCUT2D eigenvalue weighted by molar-refractivity contribution is -0.147. The van der Waals surface area contributed by atoms with Crippen molar-refractivity contribution in [2.45, 2.75) is 57.2 Å². The maximum Gasteiger partial charge on any atom is 0.255 e. The number of carbonyl (C=O) groups is 2. The van der Waals surface area contributed by atoms with Crippen LogP contribution in [0.1, 0.15) is 54.9 Å². The molecule has 5 heteroatoms. The Bertz CT molecular complexity index is 704. The summed E-state index contributed by atoms with van der Waals surface area (Å²) in [6.07, 6.45) is 4.71. The molecule has 0 aromatic heterocycles. The summed E-state index contributed by atoms with van der Waals surface area (Å²) in [5.74, 6) is 0.133. The minimum Gasteiger partial charge on any atom is -0.389 e. The molecule has 2 unspecified atom stereocenters. The number of carbonyl (C=O) groups excluding carboxylic acids is 2. The molecule has 25 heavy (non-hydrogen) atoms. The van der Waals surface area contributed by atoms with E-state index >= 15 is 0 Å². The Balaban J connectivity index is 1.46. The van der Waals surface area contributed by atoms with Gasteiger partial charge in [0, 0.05) is 31.1 Å². The highest BCUT2D eigenvalue weighted by Gasteiger charge is 2.45. The number of piperidine rings is 1. The summed E-state index contributed by atoms with van der Waals surface area (Å²) in [5, 5.41) is 10.8. The van der Waals surface area contributed by atoms with E-state index in [0.717, 1.165) is 31.2 Å². The fourth-order valence-electron chi connectivity index (χ4n) is 4.76. The fourth-order valence-corrected chi connectivity index (χ4v) is 4.76. The predicted molar refractivity (Wildman–Crippen MR) is 93.9 cm³/mol. The molecule has 3 atom stereocenters. The van der Waals surface area contributed by atoms with E-state index in [0.29, 0.717) is 31.6 Å². The summed E-state index contributed by atoms with van der Waals surface area (Å²) >= 11 is 0. The number of aliphatic hydroxyl groups is 1. The normalized spacial score (nSPS) is 30.0. The minimum absolute atomic E-state index is 0.00813. The average Bonchev–Trinajstić information content (AvgIpc) is 2.97. The van der Waals surface area contributed by atoms with E-state index in [1.807, 2.05) is 36.1 Å². The van der Waals surface area contributed by atoms with Crippen molar-refractivity contribution >= 4 is 11.8 Å². The monoisotopic (exact) mass is 342 g/mol. The van der Waals surface area contributed by atoms with E-state index in [4.69, 9.17) is 0 Å². The van der Waals surface area contributed by atoms with E-state index in [-0.39, 0.29) is 17.7 Å². The molecular weight excluding hydrogens is 316 g/mol. The molecule has 1 aliphatic carbocycles. The van der Waals surface area contributed by atoms with Crippen LogP contribution in [0.25, 0.3) is 0 Å². The summed E-state index contributed by atoms with van der Waals surface area (Å²) in [7, 11) is 0. The molecule has 0 spiro atoms. The van der Waals surface area contributed by atoms with E-state index < -0.39 is 11.6 Å². The standard InChI is InChI=1S/C20H26N2O3/c1-14(22-12-15-6-2-3-8-17(15)19(22)24)18(23)21-11-10-20(25)9-5-4-7-16(20)13-21/h2-3,6,8,14,16,25H,4-5,7,9-13H2,1H3/t14-,16?,20?/m0/s1. The van der Waals surface area contributed by atoms with Crippen LogP contribution in [0.5, 0.6) is 0 Å². The van der Waals surface area contributed by atoms with E-state index in [2.05, 4.69) is 0 Å². The van der Waals surface area contributed by atoms with Crippen molar-refractivity contribution in [1.82, 2.24) is 9.80 Å². The lowest BCUT2D eigenvalue weighted by Crippen LogP contribution is -2.57. The van der Waals surface area contributed by atoms with Gasteiger partial charge in [0.05, 0.1) is 5.60 Å². The van der Waals surface area contributed by atoms with Crippen LogP contribution in [0.4, 0.5) is 0 Å². The third-order valence-electron chi connectivity index (χ3n) is 6.41. The zero-order valence-electron chi connectivity index (χ0n) is 14.8. The van der Waals surface area contributed by atoms with Crippen LogP contribution < -0.4 is 0 Å². The molecule has 0 radical (unpaired) electrons. The van der Waals surface area contributed by atoms with E-state index in [1.54, 1.807) is 4.90 Å². The quantitative estimate of drug-likeness (QED) is 0.896. The van der Waals surface area contributed by atoms with Crippen LogP contribution in [0.2, 0.25) is 0 Å².